The molecule has 4 rings (SSSR count). The summed E-state index contributed by atoms with van der Waals surface area (Å²) in [5.74, 6) is 1.17. The summed E-state index contributed by atoms with van der Waals surface area (Å²) in [5, 5.41) is 3.83. The van der Waals surface area contributed by atoms with E-state index in [2.05, 4.69) is 15.3 Å². The van der Waals surface area contributed by atoms with Crippen LogP contribution in [0.3, 0.4) is 0 Å². The van der Waals surface area contributed by atoms with Gasteiger partial charge in [0.15, 0.2) is 6.61 Å². The van der Waals surface area contributed by atoms with Gasteiger partial charge in [-0.05, 0) is 42.8 Å². The Morgan fingerprint density at radius 3 is 2.85 bits per heavy atom. The summed E-state index contributed by atoms with van der Waals surface area (Å²) in [6.07, 6.45) is 5.21. The van der Waals surface area contributed by atoms with E-state index in [0.717, 1.165) is 16.8 Å². The molecule has 0 aliphatic rings. The van der Waals surface area contributed by atoms with E-state index in [9.17, 15) is 4.79 Å². The van der Waals surface area contributed by atoms with Crippen molar-refractivity contribution >= 4 is 22.5 Å². The SMILES string of the molecule is Cc1cccc(OCC(=O)Nc2cccc3ccc(-n4ccnc4)nc23)c1. The fourth-order valence-corrected chi connectivity index (χ4v) is 2.82. The standard InChI is InChI=1S/C21H18N4O2/c1-15-4-2-6-17(12-15)27-13-20(26)23-18-7-3-5-16-8-9-19(24-21(16)18)25-11-10-22-14-25/h2-12,14H,13H2,1H3,(H,23,26). The van der Waals surface area contributed by atoms with Crippen molar-refractivity contribution in [2.24, 2.45) is 0 Å². The van der Waals surface area contributed by atoms with Gasteiger partial charge in [0.25, 0.3) is 5.91 Å². The number of carbonyl (C=O) groups excluding carboxylic acids is 1. The van der Waals surface area contributed by atoms with Crippen LogP contribution in [0.1, 0.15) is 5.56 Å². The molecule has 6 heteroatoms. The second-order valence-corrected chi connectivity index (χ2v) is 6.17. The number of nitrogens with zero attached hydrogens (tertiary/aromatic N) is 3. The van der Waals surface area contributed by atoms with Crippen LogP contribution in [0.2, 0.25) is 0 Å². The highest BCUT2D eigenvalue weighted by Gasteiger charge is 2.09. The highest BCUT2D eigenvalue weighted by molar-refractivity contribution is 6.01. The highest BCUT2D eigenvalue weighted by Crippen LogP contribution is 2.23. The number of aromatic nitrogens is 3. The van der Waals surface area contributed by atoms with Crippen molar-refractivity contribution < 1.29 is 9.53 Å². The van der Waals surface area contributed by atoms with E-state index in [1.54, 1.807) is 12.5 Å². The number of fused-ring (bicyclic) bond motifs is 1. The first-order valence-electron chi connectivity index (χ1n) is 8.56. The first-order valence-corrected chi connectivity index (χ1v) is 8.56. The molecule has 0 aliphatic heterocycles. The van der Waals surface area contributed by atoms with Crippen molar-refractivity contribution in [1.29, 1.82) is 0 Å². The molecule has 0 atom stereocenters. The number of pyridine rings is 1. The summed E-state index contributed by atoms with van der Waals surface area (Å²) in [4.78, 5) is 21.1. The van der Waals surface area contributed by atoms with Crippen molar-refractivity contribution in [3.05, 3.63) is 78.9 Å². The Bertz CT molecular complexity index is 1090. The monoisotopic (exact) mass is 358 g/mol. The number of rotatable bonds is 5. The number of nitrogens with one attached hydrogen (secondary N) is 1. The lowest BCUT2D eigenvalue weighted by molar-refractivity contribution is -0.118. The van der Waals surface area contributed by atoms with E-state index >= 15 is 0 Å². The van der Waals surface area contributed by atoms with Crippen molar-refractivity contribution in [3.63, 3.8) is 0 Å². The minimum Gasteiger partial charge on any atom is -0.484 e. The molecule has 0 spiro atoms. The number of aryl methyl sites for hydroxylation is 1. The van der Waals surface area contributed by atoms with E-state index in [1.807, 2.05) is 72.3 Å². The molecule has 2 aromatic carbocycles. The summed E-state index contributed by atoms with van der Waals surface area (Å²) in [7, 11) is 0. The van der Waals surface area contributed by atoms with Gasteiger partial charge < -0.3 is 10.1 Å². The van der Waals surface area contributed by atoms with E-state index in [0.29, 0.717) is 17.0 Å². The zero-order valence-electron chi connectivity index (χ0n) is 14.8. The van der Waals surface area contributed by atoms with Crippen LogP contribution in [0.5, 0.6) is 5.75 Å². The predicted molar refractivity (Wildman–Crippen MR) is 104 cm³/mol. The Morgan fingerprint density at radius 2 is 2.04 bits per heavy atom. The molecule has 1 amide bonds. The van der Waals surface area contributed by atoms with E-state index in [4.69, 9.17) is 4.74 Å². The third-order valence-electron chi connectivity index (χ3n) is 4.11. The summed E-state index contributed by atoms with van der Waals surface area (Å²) < 4.78 is 7.39. The van der Waals surface area contributed by atoms with Crippen molar-refractivity contribution in [3.8, 4) is 11.6 Å². The van der Waals surface area contributed by atoms with Crippen LogP contribution >= 0.6 is 0 Å². The molecule has 0 saturated heterocycles. The smallest absolute Gasteiger partial charge is 0.262 e. The van der Waals surface area contributed by atoms with E-state index < -0.39 is 0 Å². The number of benzene rings is 2. The molecular weight excluding hydrogens is 340 g/mol. The predicted octanol–water partition coefficient (Wildman–Crippen LogP) is 3.75. The van der Waals surface area contributed by atoms with Crippen LogP contribution in [0, 0.1) is 6.92 Å². The third kappa shape index (κ3) is 3.79. The van der Waals surface area contributed by atoms with Gasteiger partial charge >= 0.3 is 0 Å². The maximum Gasteiger partial charge on any atom is 0.262 e. The highest BCUT2D eigenvalue weighted by atomic mass is 16.5. The number of carbonyl (C=O) groups is 1. The van der Waals surface area contributed by atoms with Crippen LogP contribution in [0.25, 0.3) is 16.7 Å². The number of amides is 1. The molecule has 2 aromatic heterocycles. The maximum absolute atomic E-state index is 12.3. The lowest BCUT2D eigenvalue weighted by Gasteiger charge is -2.11. The van der Waals surface area contributed by atoms with Crippen LogP contribution in [-0.2, 0) is 4.79 Å². The van der Waals surface area contributed by atoms with Gasteiger partial charge in [-0.3, -0.25) is 9.36 Å². The van der Waals surface area contributed by atoms with Crippen molar-refractivity contribution in [2.45, 2.75) is 6.92 Å². The molecule has 0 radical (unpaired) electrons. The average Bonchev–Trinajstić information content (AvgIpc) is 3.21. The number of para-hydroxylation sites is 1. The maximum atomic E-state index is 12.3. The zero-order valence-corrected chi connectivity index (χ0v) is 14.8. The Labute approximate surface area is 156 Å². The van der Waals surface area contributed by atoms with Crippen molar-refractivity contribution in [2.75, 3.05) is 11.9 Å². The number of hydrogen-bond acceptors (Lipinski definition) is 4. The van der Waals surface area contributed by atoms with Crippen LogP contribution < -0.4 is 10.1 Å². The zero-order chi connectivity index (χ0) is 18.6. The molecule has 0 unspecified atom stereocenters. The Morgan fingerprint density at radius 1 is 1.15 bits per heavy atom. The molecule has 0 bridgehead atoms. The molecule has 0 fully saturated rings. The first kappa shape index (κ1) is 16.8. The second kappa shape index (κ2) is 7.29. The number of hydrogen-bond donors (Lipinski definition) is 1. The average molecular weight is 358 g/mol. The third-order valence-corrected chi connectivity index (χ3v) is 4.11. The normalized spacial score (nSPS) is 10.7. The largest absolute Gasteiger partial charge is 0.484 e. The van der Waals surface area contributed by atoms with Gasteiger partial charge in [-0.25, -0.2) is 9.97 Å². The number of imidazole rings is 1. The molecular formula is C21H18N4O2. The van der Waals surface area contributed by atoms with E-state index in [-0.39, 0.29) is 12.5 Å². The quantitative estimate of drug-likeness (QED) is 0.590. The minimum absolute atomic E-state index is 0.0684. The lowest BCUT2D eigenvalue weighted by atomic mass is 10.2. The first-order chi connectivity index (χ1) is 13.2. The van der Waals surface area contributed by atoms with Gasteiger partial charge in [0.05, 0.1) is 11.2 Å². The Kier molecular flexibility index (Phi) is 4.53. The number of anilines is 1. The Balaban J connectivity index is 1.54. The van der Waals surface area contributed by atoms with Crippen LogP contribution in [-0.4, -0.2) is 27.0 Å². The topological polar surface area (TPSA) is 69.0 Å². The summed E-state index contributed by atoms with van der Waals surface area (Å²) in [5.41, 5.74) is 2.44. The molecule has 0 aliphatic carbocycles. The molecule has 1 N–H and O–H groups in total. The van der Waals surface area contributed by atoms with Gasteiger partial charge in [-0.15, -0.1) is 0 Å². The molecule has 0 saturated carbocycles. The van der Waals surface area contributed by atoms with Gasteiger partial charge in [-0.1, -0.05) is 24.3 Å². The number of ether oxygens (including phenoxy) is 1. The van der Waals surface area contributed by atoms with Crippen molar-refractivity contribution in [1.82, 2.24) is 14.5 Å². The fourth-order valence-electron chi connectivity index (χ4n) is 2.82. The Hall–Kier alpha value is -3.67. The fraction of sp³-hybridized carbons (Fsp3) is 0.0952. The van der Waals surface area contributed by atoms with Gasteiger partial charge in [0.1, 0.15) is 17.9 Å². The molecule has 6 nitrogen and oxygen atoms in total. The minimum atomic E-state index is -0.237. The van der Waals surface area contributed by atoms with E-state index in [1.165, 1.54) is 0 Å². The summed E-state index contributed by atoms with van der Waals surface area (Å²) in [6.45, 7) is 1.91. The van der Waals surface area contributed by atoms with Crippen LogP contribution in [0.15, 0.2) is 73.3 Å². The molecule has 2 heterocycles. The van der Waals surface area contributed by atoms with Crippen LogP contribution in [0.4, 0.5) is 5.69 Å². The van der Waals surface area contributed by atoms with Gasteiger partial charge in [0, 0.05) is 17.8 Å². The summed E-state index contributed by atoms with van der Waals surface area (Å²) >= 11 is 0. The van der Waals surface area contributed by atoms with Gasteiger partial charge in [-0.2, -0.15) is 0 Å². The van der Waals surface area contributed by atoms with Gasteiger partial charge in [0.2, 0.25) is 0 Å². The molecule has 134 valence electrons. The lowest BCUT2D eigenvalue weighted by Crippen LogP contribution is -2.20. The molecule has 4 aromatic rings. The molecule has 27 heavy (non-hydrogen) atoms. The summed E-state index contributed by atoms with van der Waals surface area (Å²) in [6, 6.07) is 17.2. The second-order valence-electron chi connectivity index (χ2n) is 6.17.